The maximum Gasteiger partial charge on any atom is 0.254 e. The van der Waals surface area contributed by atoms with Gasteiger partial charge in [0, 0.05) is 53.3 Å². The van der Waals surface area contributed by atoms with Crippen molar-refractivity contribution in [1.29, 1.82) is 0 Å². The van der Waals surface area contributed by atoms with Crippen molar-refractivity contribution in [2.24, 2.45) is 10.2 Å². The molecule has 2 bridgehead atoms. The van der Waals surface area contributed by atoms with Crippen LogP contribution in [0.4, 0.5) is 5.69 Å². The molecule has 0 N–H and O–H groups in total. The first-order valence-electron chi connectivity index (χ1n) is 7.44. The average Bonchev–Trinajstić information content (AvgIpc) is 2.94. The number of fused-ring (bicyclic) bond motifs is 2. The van der Waals surface area contributed by atoms with Crippen LogP contribution in [0.3, 0.4) is 0 Å². The summed E-state index contributed by atoms with van der Waals surface area (Å²) in [7, 11) is 0. The van der Waals surface area contributed by atoms with Crippen LogP contribution in [0, 0.1) is 0 Å². The molecule has 2 aliphatic heterocycles. The van der Waals surface area contributed by atoms with E-state index in [2.05, 4.69) is 25.0 Å². The zero-order valence-electron chi connectivity index (χ0n) is 12.5. The lowest BCUT2D eigenvalue weighted by molar-refractivity contribution is 0.0609. The Morgan fingerprint density at radius 3 is 2.87 bits per heavy atom. The summed E-state index contributed by atoms with van der Waals surface area (Å²) in [5, 5.41) is 7.09. The molecule has 2 heterocycles. The van der Waals surface area contributed by atoms with Gasteiger partial charge >= 0.3 is 0 Å². The lowest BCUT2D eigenvalue weighted by Crippen LogP contribution is -2.49. The summed E-state index contributed by atoms with van der Waals surface area (Å²) < 4.78 is 0. The Morgan fingerprint density at radius 1 is 1.22 bits per heavy atom. The number of carbonyl (C=O) groups is 1. The van der Waals surface area contributed by atoms with Crippen LogP contribution in [-0.2, 0) is 6.54 Å². The number of benzene rings is 1. The van der Waals surface area contributed by atoms with Gasteiger partial charge in [0.1, 0.15) is 0 Å². The van der Waals surface area contributed by atoms with Gasteiger partial charge in [-0.25, -0.2) is 0 Å². The second kappa shape index (κ2) is 6.58. The van der Waals surface area contributed by atoms with Gasteiger partial charge in [0.15, 0.2) is 0 Å². The predicted molar refractivity (Wildman–Crippen MR) is 84.0 cm³/mol. The first-order chi connectivity index (χ1) is 11.2. The van der Waals surface area contributed by atoms with Gasteiger partial charge in [-0.05, 0) is 41.2 Å². The van der Waals surface area contributed by atoms with Gasteiger partial charge in [-0.3, -0.25) is 9.69 Å². The summed E-state index contributed by atoms with van der Waals surface area (Å²) in [6.45, 7) is 3.68. The fraction of sp³-hybridized carbons (Fsp3) is 0.500. The minimum atomic E-state index is -0.0614. The molecule has 9 nitrogen and oxygen atoms in total. The number of azide groups is 2. The first kappa shape index (κ1) is 15.2. The summed E-state index contributed by atoms with van der Waals surface area (Å²) in [6, 6.07) is 5.16. The fourth-order valence-corrected chi connectivity index (χ4v) is 3.25. The molecule has 2 atom stereocenters. The van der Waals surface area contributed by atoms with Crippen molar-refractivity contribution in [3.8, 4) is 0 Å². The molecule has 2 aliphatic rings. The Labute approximate surface area is 132 Å². The molecule has 0 aromatic heterocycles. The molecule has 118 valence electrons. The van der Waals surface area contributed by atoms with Crippen LogP contribution >= 0.6 is 0 Å². The highest BCUT2D eigenvalue weighted by atomic mass is 16.2. The van der Waals surface area contributed by atoms with Crippen molar-refractivity contribution >= 4 is 11.6 Å². The molecule has 2 saturated heterocycles. The van der Waals surface area contributed by atoms with Crippen LogP contribution in [0.5, 0.6) is 0 Å². The zero-order chi connectivity index (χ0) is 16.2. The van der Waals surface area contributed by atoms with Crippen molar-refractivity contribution < 1.29 is 4.79 Å². The molecule has 1 amide bonds. The Morgan fingerprint density at radius 2 is 2.09 bits per heavy atom. The van der Waals surface area contributed by atoms with E-state index >= 15 is 0 Å². The van der Waals surface area contributed by atoms with E-state index in [1.54, 1.807) is 18.2 Å². The summed E-state index contributed by atoms with van der Waals surface area (Å²) in [5.74, 6) is -0.0614. The molecule has 2 unspecified atom stereocenters. The quantitative estimate of drug-likeness (QED) is 0.482. The molecular formula is C14H16N8O. The number of carbonyl (C=O) groups excluding carboxylic acids is 1. The van der Waals surface area contributed by atoms with Gasteiger partial charge < -0.3 is 4.90 Å². The summed E-state index contributed by atoms with van der Waals surface area (Å²) in [5.41, 5.74) is 18.6. The summed E-state index contributed by atoms with van der Waals surface area (Å²) >= 11 is 0. The molecule has 0 saturated carbocycles. The number of hydrogen-bond acceptors (Lipinski definition) is 4. The van der Waals surface area contributed by atoms with E-state index in [0.29, 0.717) is 23.4 Å². The van der Waals surface area contributed by atoms with Crippen molar-refractivity contribution in [1.82, 2.24) is 9.80 Å². The minimum absolute atomic E-state index is 0.0614. The van der Waals surface area contributed by atoms with E-state index in [4.69, 9.17) is 11.1 Å². The van der Waals surface area contributed by atoms with Gasteiger partial charge in [0.05, 0.1) is 6.54 Å². The van der Waals surface area contributed by atoms with E-state index in [1.165, 1.54) is 0 Å². The zero-order valence-corrected chi connectivity index (χ0v) is 12.5. The van der Waals surface area contributed by atoms with Crippen LogP contribution < -0.4 is 0 Å². The number of hydrogen-bond donors (Lipinski definition) is 0. The van der Waals surface area contributed by atoms with E-state index < -0.39 is 0 Å². The lowest BCUT2D eigenvalue weighted by atomic mass is 10.1. The molecule has 23 heavy (non-hydrogen) atoms. The molecule has 1 aromatic carbocycles. The van der Waals surface area contributed by atoms with Gasteiger partial charge in [0.25, 0.3) is 5.91 Å². The highest BCUT2D eigenvalue weighted by Gasteiger charge is 2.35. The van der Waals surface area contributed by atoms with Crippen molar-refractivity contribution in [3.63, 3.8) is 0 Å². The molecule has 3 rings (SSSR count). The maximum atomic E-state index is 12.8. The lowest BCUT2D eigenvalue weighted by Gasteiger charge is -2.34. The van der Waals surface area contributed by atoms with Crippen molar-refractivity contribution in [2.45, 2.75) is 19.0 Å². The van der Waals surface area contributed by atoms with Crippen LogP contribution in [0.2, 0.25) is 0 Å². The highest BCUT2D eigenvalue weighted by Crippen LogP contribution is 2.25. The standard InChI is InChI=1S/C14H16N8O/c15-19-17-8-10-5-11(7-12(6-10)18-20-16)14(23)22-4-3-21-2-1-13(22)9-21/h5-7,13H,1-4,8-9H2. The number of rotatable bonds is 4. The molecule has 0 aliphatic carbocycles. The highest BCUT2D eigenvalue weighted by molar-refractivity contribution is 5.95. The van der Waals surface area contributed by atoms with Gasteiger partial charge in [-0.15, -0.1) is 0 Å². The Balaban J connectivity index is 1.90. The average molecular weight is 312 g/mol. The van der Waals surface area contributed by atoms with Gasteiger partial charge in [-0.1, -0.05) is 10.2 Å². The van der Waals surface area contributed by atoms with Gasteiger partial charge in [-0.2, -0.15) is 0 Å². The number of nitrogens with zero attached hydrogens (tertiary/aromatic N) is 8. The Kier molecular flexibility index (Phi) is 4.34. The molecular weight excluding hydrogens is 296 g/mol. The normalized spacial score (nSPS) is 22.2. The third-order valence-corrected chi connectivity index (χ3v) is 4.31. The Hall–Kier alpha value is -2.73. The van der Waals surface area contributed by atoms with Crippen molar-refractivity contribution in [2.75, 3.05) is 26.2 Å². The van der Waals surface area contributed by atoms with Crippen molar-refractivity contribution in [3.05, 3.63) is 50.2 Å². The van der Waals surface area contributed by atoms with Crippen LogP contribution in [0.25, 0.3) is 20.9 Å². The summed E-state index contributed by atoms with van der Waals surface area (Å²) in [6.07, 6.45) is 0.993. The summed E-state index contributed by atoms with van der Waals surface area (Å²) in [4.78, 5) is 22.6. The molecule has 2 fully saturated rings. The maximum absolute atomic E-state index is 12.8. The SMILES string of the molecule is [N-]=[N+]=NCc1cc(N=[N+]=[N-])cc(C(=O)N2CCN3CCC2C3)c1. The van der Waals surface area contributed by atoms with E-state index in [0.717, 1.165) is 26.1 Å². The number of amides is 1. The third kappa shape index (κ3) is 3.22. The predicted octanol–water partition coefficient (Wildman–Crippen LogP) is 2.97. The smallest absolute Gasteiger partial charge is 0.254 e. The number of piperazine rings is 1. The first-order valence-corrected chi connectivity index (χ1v) is 7.44. The second-order valence-electron chi connectivity index (χ2n) is 5.71. The fourth-order valence-electron chi connectivity index (χ4n) is 3.25. The van der Waals surface area contributed by atoms with E-state index in [9.17, 15) is 4.79 Å². The monoisotopic (exact) mass is 312 g/mol. The van der Waals surface area contributed by atoms with E-state index in [1.807, 2.05) is 4.90 Å². The van der Waals surface area contributed by atoms with E-state index in [-0.39, 0.29) is 18.5 Å². The molecule has 1 aromatic rings. The Bertz CT molecular complexity index is 719. The molecule has 0 radical (unpaired) electrons. The third-order valence-electron chi connectivity index (χ3n) is 4.31. The van der Waals surface area contributed by atoms with Crippen LogP contribution in [0.1, 0.15) is 22.3 Å². The molecule has 9 heteroatoms. The van der Waals surface area contributed by atoms with Crippen LogP contribution in [0.15, 0.2) is 28.4 Å². The topological polar surface area (TPSA) is 121 Å². The molecule has 0 spiro atoms. The van der Waals surface area contributed by atoms with Gasteiger partial charge in [0.2, 0.25) is 0 Å². The largest absolute Gasteiger partial charge is 0.333 e. The minimum Gasteiger partial charge on any atom is -0.333 e. The second-order valence-corrected chi connectivity index (χ2v) is 5.71. The van der Waals surface area contributed by atoms with Crippen LogP contribution in [-0.4, -0.2) is 47.9 Å².